The van der Waals surface area contributed by atoms with Gasteiger partial charge in [-0.15, -0.1) is 0 Å². The second-order valence-corrected chi connectivity index (χ2v) is 1.76. The SMILES string of the molecule is OCc1cnn(C(F)F)c1. The summed E-state index contributed by atoms with van der Waals surface area (Å²) in [4.78, 5) is 0. The van der Waals surface area contributed by atoms with E-state index in [1.165, 1.54) is 6.20 Å². The lowest BCUT2D eigenvalue weighted by molar-refractivity contribution is 0.0564. The number of aromatic nitrogens is 2. The maximum absolute atomic E-state index is 11.7. The van der Waals surface area contributed by atoms with Crippen LogP contribution >= 0.6 is 0 Å². The Balaban J connectivity index is 2.78. The van der Waals surface area contributed by atoms with Crippen molar-refractivity contribution in [3.8, 4) is 0 Å². The summed E-state index contributed by atoms with van der Waals surface area (Å²) in [6, 6.07) is 0. The number of alkyl halides is 2. The quantitative estimate of drug-likeness (QED) is 0.672. The third-order valence-corrected chi connectivity index (χ3v) is 1.04. The van der Waals surface area contributed by atoms with E-state index in [0.717, 1.165) is 6.20 Å². The minimum absolute atomic E-state index is 0.257. The molecule has 0 atom stereocenters. The van der Waals surface area contributed by atoms with Gasteiger partial charge in [-0.05, 0) is 0 Å². The summed E-state index contributed by atoms with van der Waals surface area (Å²) in [5, 5.41) is 11.7. The molecular weight excluding hydrogens is 142 g/mol. The van der Waals surface area contributed by atoms with E-state index in [0.29, 0.717) is 10.2 Å². The molecule has 1 aromatic heterocycles. The second-order valence-electron chi connectivity index (χ2n) is 1.76. The Morgan fingerprint density at radius 3 is 2.70 bits per heavy atom. The number of hydrogen-bond donors (Lipinski definition) is 1. The fourth-order valence-corrected chi connectivity index (χ4v) is 0.566. The highest BCUT2D eigenvalue weighted by Crippen LogP contribution is 2.08. The molecule has 1 aromatic rings. The van der Waals surface area contributed by atoms with E-state index in [2.05, 4.69) is 5.10 Å². The van der Waals surface area contributed by atoms with Gasteiger partial charge in [-0.2, -0.15) is 13.9 Å². The number of hydrogen-bond acceptors (Lipinski definition) is 2. The van der Waals surface area contributed by atoms with Crippen molar-refractivity contribution < 1.29 is 13.9 Å². The summed E-state index contributed by atoms with van der Waals surface area (Å²) in [6.45, 7) is -2.88. The molecule has 0 fully saturated rings. The first-order valence-corrected chi connectivity index (χ1v) is 2.66. The monoisotopic (exact) mass is 148 g/mol. The van der Waals surface area contributed by atoms with Gasteiger partial charge in [-0.1, -0.05) is 0 Å². The number of aliphatic hydroxyl groups excluding tert-OH is 1. The zero-order valence-corrected chi connectivity index (χ0v) is 5.04. The van der Waals surface area contributed by atoms with Crippen molar-refractivity contribution >= 4 is 0 Å². The Hall–Kier alpha value is -0.970. The van der Waals surface area contributed by atoms with Crippen LogP contribution in [0.25, 0.3) is 0 Å². The lowest BCUT2D eigenvalue weighted by Gasteiger charge is -1.94. The van der Waals surface area contributed by atoms with E-state index >= 15 is 0 Å². The number of nitrogens with zero attached hydrogens (tertiary/aromatic N) is 2. The molecule has 0 saturated carbocycles. The van der Waals surface area contributed by atoms with E-state index in [1.807, 2.05) is 0 Å². The molecule has 10 heavy (non-hydrogen) atoms. The Bertz CT molecular complexity index is 211. The maximum Gasteiger partial charge on any atom is 0.333 e. The van der Waals surface area contributed by atoms with E-state index in [-0.39, 0.29) is 6.61 Å². The Kier molecular flexibility index (Phi) is 1.96. The van der Waals surface area contributed by atoms with Crippen LogP contribution in [0.2, 0.25) is 0 Å². The number of aliphatic hydroxyl groups is 1. The molecule has 0 amide bonds. The average Bonchev–Trinajstić information content (AvgIpc) is 2.34. The maximum atomic E-state index is 11.7. The van der Waals surface area contributed by atoms with Gasteiger partial charge in [0.15, 0.2) is 0 Å². The summed E-state index contributed by atoms with van der Waals surface area (Å²) >= 11 is 0. The van der Waals surface area contributed by atoms with Crippen LogP contribution in [-0.2, 0) is 6.61 Å². The van der Waals surface area contributed by atoms with Crippen molar-refractivity contribution in [2.75, 3.05) is 0 Å². The van der Waals surface area contributed by atoms with Crippen molar-refractivity contribution in [2.24, 2.45) is 0 Å². The highest BCUT2D eigenvalue weighted by molar-refractivity contribution is 5.01. The zero-order valence-electron chi connectivity index (χ0n) is 5.04. The normalized spacial score (nSPS) is 10.8. The van der Waals surface area contributed by atoms with Crippen LogP contribution in [0.3, 0.4) is 0 Å². The largest absolute Gasteiger partial charge is 0.392 e. The standard InChI is InChI=1S/C5H6F2N2O/c6-5(7)9-2-4(3-10)1-8-9/h1-2,5,10H,3H2. The van der Waals surface area contributed by atoms with Gasteiger partial charge in [0, 0.05) is 11.8 Å². The predicted octanol–water partition coefficient (Wildman–Crippen LogP) is 0.770. The molecule has 0 aliphatic heterocycles. The smallest absolute Gasteiger partial charge is 0.333 e. The second kappa shape index (κ2) is 2.74. The molecule has 1 N–H and O–H groups in total. The van der Waals surface area contributed by atoms with E-state index in [4.69, 9.17) is 5.11 Å². The van der Waals surface area contributed by atoms with E-state index in [1.54, 1.807) is 0 Å². The van der Waals surface area contributed by atoms with Crippen LogP contribution in [0.5, 0.6) is 0 Å². The Labute approximate surface area is 55.9 Å². The molecule has 0 aliphatic carbocycles. The van der Waals surface area contributed by atoms with E-state index in [9.17, 15) is 8.78 Å². The van der Waals surface area contributed by atoms with Gasteiger partial charge in [0.25, 0.3) is 0 Å². The molecule has 0 bridgehead atoms. The molecule has 0 saturated heterocycles. The van der Waals surface area contributed by atoms with Gasteiger partial charge in [0.05, 0.1) is 12.8 Å². The lowest BCUT2D eigenvalue weighted by atomic mass is 10.4. The summed E-state index contributed by atoms with van der Waals surface area (Å²) in [5.41, 5.74) is 0.389. The molecule has 56 valence electrons. The first-order valence-electron chi connectivity index (χ1n) is 2.66. The lowest BCUT2D eigenvalue weighted by Crippen LogP contribution is -1.96. The first-order chi connectivity index (χ1) is 4.74. The van der Waals surface area contributed by atoms with Crippen LogP contribution in [0.4, 0.5) is 8.78 Å². The topological polar surface area (TPSA) is 38.1 Å². The average molecular weight is 148 g/mol. The van der Waals surface area contributed by atoms with Crippen LogP contribution < -0.4 is 0 Å². The fraction of sp³-hybridized carbons (Fsp3) is 0.400. The first kappa shape index (κ1) is 7.14. The fourth-order valence-electron chi connectivity index (χ4n) is 0.566. The van der Waals surface area contributed by atoms with Crippen LogP contribution in [0.1, 0.15) is 12.1 Å². The van der Waals surface area contributed by atoms with Crippen LogP contribution in [0.15, 0.2) is 12.4 Å². The van der Waals surface area contributed by atoms with Gasteiger partial charge >= 0.3 is 6.55 Å². The molecule has 1 rings (SSSR count). The van der Waals surface area contributed by atoms with E-state index < -0.39 is 6.55 Å². The highest BCUT2D eigenvalue weighted by atomic mass is 19.3. The third-order valence-electron chi connectivity index (χ3n) is 1.04. The van der Waals surface area contributed by atoms with Gasteiger partial charge in [0.1, 0.15) is 0 Å². The van der Waals surface area contributed by atoms with Gasteiger partial charge in [-0.3, -0.25) is 0 Å². The van der Waals surface area contributed by atoms with Crippen molar-refractivity contribution in [1.29, 1.82) is 0 Å². The Morgan fingerprint density at radius 1 is 1.70 bits per heavy atom. The molecule has 1 heterocycles. The molecule has 0 aromatic carbocycles. The van der Waals surface area contributed by atoms with Crippen molar-refractivity contribution in [3.63, 3.8) is 0 Å². The third kappa shape index (κ3) is 1.30. The summed E-state index contributed by atoms with van der Waals surface area (Å²) in [7, 11) is 0. The molecular formula is C5H6F2N2O. The van der Waals surface area contributed by atoms with Crippen molar-refractivity contribution in [1.82, 2.24) is 9.78 Å². The molecule has 5 heteroatoms. The molecule has 0 radical (unpaired) electrons. The van der Waals surface area contributed by atoms with Crippen LogP contribution in [-0.4, -0.2) is 14.9 Å². The molecule has 0 unspecified atom stereocenters. The predicted molar refractivity (Wildman–Crippen MR) is 29.4 cm³/mol. The Morgan fingerprint density at radius 2 is 2.40 bits per heavy atom. The van der Waals surface area contributed by atoms with Crippen molar-refractivity contribution in [2.45, 2.75) is 13.2 Å². The number of halogens is 2. The van der Waals surface area contributed by atoms with Gasteiger partial charge < -0.3 is 5.11 Å². The molecule has 0 aliphatic rings. The van der Waals surface area contributed by atoms with Crippen molar-refractivity contribution in [3.05, 3.63) is 18.0 Å². The molecule has 3 nitrogen and oxygen atoms in total. The summed E-state index contributed by atoms with van der Waals surface area (Å²) in [5.74, 6) is 0. The zero-order chi connectivity index (χ0) is 7.56. The minimum atomic E-state index is -2.62. The number of rotatable bonds is 2. The highest BCUT2D eigenvalue weighted by Gasteiger charge is 2.05. The summed E-state index contributed by atoms with van der Waals surface area (Å²) in [6.07, 6.45) is 2.30. The minimum Gasteiger partial charge on any atom is -0.392 e. The summed E-state index contributed by atoms with van der Waals surface area (Å²) < 4.78 is 24.0. The molecule has 0 spiro atoms. The van der Waals surface area contributed by atoms with Crippen LogP contribution in [0, 0.1) is 0 Å². The van der Waals surface area contributed by atoms with Gasteiger partial charge in [0.2, 0.25) is 0 Å². The van der Waals surface area contributed by atoms with Gasteiger partial charge in [-0.25, -0.2) is 4.68 Å².